The van der Waals surface area contributed by atoms with Crippen LogP contribution in [0, 0.1) is 11.8 Å². The third-order valence-electron chi connectivity index (χ3n) is 7.96. The zero-order valence-electron chi connectivity index (χ0n) is 23.9. The zero-order chi connectivity index (χ0) is 31.3. The lowest BCUT2D eigenvalue weighted by Crippen LogP contribution is -2.48. The van der Waals surface area contributed by atoms with Gasteiger partial charge < -0.3 is 16.4 Å². The van der Waals surface area contributed by atoms with Crippen LogP contribution >= 0.6 is 11.6 Å². The largest absolute Gasteiger partial charge is 0.344 e. The lowest BCUT2D eigenvalue weighted by molar-refractivity contribution is -0.130. The van der Waals surface area contributed by atoms with E-state index in [1.807, 2.05) is 24.3 Å². The minimum Gasteiger partial charge on any atom is -0.344 e. The predicted molar refractivity (Wildman–Crippen MR) is 169 cm³/mol. The first kappa shape index (κ1) is 31.3. The SMILES string of the molecule is NCC1CCC(C(=O)NC(Cc2ccc(-c3ccc(S(N)(=O)=O)cc3)cc2)C(=O)Nc2ccc(-c3n[nH]c(Cl)n3)cc2)CC1. The highest BCUT2D eigenvalue weighted by Gasteiger charge is 2.29. The van der Waals surface area contributed by atoms with Gasteiger partial charge in [0, 0.05) is 23.6 Å². The van der Waals surface area contributed by atoms with Gasteiger partial charge in [-0.25, -0.2) is 18.7 Å². The molecule has 7 N–H and O–H groups in total. The van der Waals surface area contributed by atoms with Gasteiger partial charge in [-0.2, -0.15) is 10.1 Å². The molecule has 1 atom stereocenters. The topological polar surface area (TPSA) is 186 Å². The second-order valence-corrected chi connectivity index (χ2v) is 12.9. The molecule has 1 aromatic heterocycles. The van der Waals surface area contributed by atoms with Crippen LogP contribution in [0.25, 0.3) is 22.5 Å². The highest BCUT2D eigenvalue weighted by atomic mass is 35.5. The number of rotatable bonds is 10. The van der Waals surface area contributed by atoms with Crippen molar-refractivity contribution in [3.8, 4) is 22.5 Å². The van der Waals surface area contributed by atoms with Gasteiger partial charge >= 0.3 is 0 Å². The van der Waals surface area contributed by atoms with Crippen molar-refractivity contribution in [1.82, 2.24) is 20.5 Å². The molecule has 1 aliphatic rings. The highest BCUT2D eigenvalue weighted by Crippen LogP contribution is 2.29. The third-order valence-corrected chi connectivity index (χ3v) is 9.06. The first-order chi connectivity index (χ1) is 21.1. The number of carbonyl (C=O) groups is 2. The van der Waals surface area contributed by atoms with E-state index >= 15 is 0 Å². The molecule has 1 unspecified atom stereocenters. The molecule has 4 aromatic rings. The summed E-state index contributed by atoms with van der Waals surface area (Å²) in [6, 6.07) is 20.0. The summed E-state index contributed by atoms with van der Waals surface area (Å²) in [5, 5.41) is 17.9. The quantitative estimate of drug-likeness (QED) is 0.175. The molecule has 0 saturated heterocycles. The maximum absolute atomic E-state index is 13.5. The lowest BCUT2D eigenvalue weighted by Gasteiger charge is -2.28. The Kier molecular flexibility index (Phi) is 9.74. The Balaban J connectivity index is 1.30. The number of nitrogens with one attached hydrogen (secondary N) is 3. The minimum absolute atomic E-state index is 0.0378. The first-order valence-electron chi connectivity index (χ1n) is 14.3. The summed E-state index contributed by atoms with van der Waals surface area (Å²) in [7, 11) is -3.78. The number of aromatic amines is 1. The Morgan fingerprint density at radius 1 is 0.909 bits per heavy atom. The molecule has 1 aliphatic carbocycles. The van der Waals surface area contributed by atoms with Gasteiger partial charge in [0.2, 0.25) is 27.1 Å². The fourth-order valence-corrected chi connectivity index (χ4v) is 6.01. The standard InChI is InChI=1S/C31H34ClN7O4S/c32-31-37-28(38-39-31)23-9-13-25(14-10-23)35-30(41)27(36-29(40)24-7-3-20(18-33)4-8-24)17-19-1-5-21(6-2-19)22-11-15-26(16-12-22)44(34,42)43/h1-2,5-6,9-16,20,24,27H,3-4,7-8,17-18,33H2,(H,35,41)(H,36,40)(H2,34,42,43)(H,37,38,39). The Morgan fingerprint density at radius 2 is 1.50 bits per heavy atom. The van der Waals surface area contributed by atoms with Gasteiger partial charge in [-0.1, -0.05) is 36.4 Å². The van der Waals surface area contributed by atoms with Crippen molar-refractivity contribution in [3.63, 3.8) is 0 Å². The Morgan fingerprint density at radius 3 is 2.05 bits per heavy atom. The molecule has 0 spiro atoms. The van der Waals surface area contributed by atoms with Gasteiger partial charge in [0.25, 0.3) is 0 Å². The van der Waals surface area contributed by atoms with Gasteiger partial charge in [0.15, 0.2) is 5.82 Å². The van der Waals surface area contributed by atoms with Crippen LogP contribution < -0.4 is 21.5 Å². The fourth-order valence-electron chi connectivity index (χ4n) is 5.37. The van der Waals surface area contributed by atoms with Crippen LogP contribution in [0.4, 0.5) is 5.69 Å². The average molecular weight is 636 g/mol. The summed E-state index contributed by atoms with van der Waals surface area (Å²) in [5.74, 6) is 0.229. The average Bonchev–Trinajstić information content (AvgIpc) is 3.47. The molecule has 5 rings (SSSR count). The Bertz CT molecular complexity index is 1700. The van der Waals surface area contributed by atoms with Gasteiger partial charge in [0.05, 0.1) is 4.90 Å². The van der Waals surface area contributed by atoms with Crippen molar-refractivity contribution in [2.45, 2.75) is 43.0 Å². The number of primary sulfonamides is 1. The number of anilines is 1. The number of H-pyrrole nitrogens is 1. The summed E-state index contributed by atoms with van der Waals surface area (Å²) < 4.78 is 23.2. The monoisotopic (exact) mass is 635 g/mol. The third kappa shape index (κ3) is 7.88. The van der Waals surface area contributed by atoms with E-state index in [0.717, 1.165) is 47.9 Å². The minimum atomic E-state index is -3.78. The van der Waals surface area contributed by atoms with E-state index in [1.54, 1.807) is 36.4 Å². The van der Waals surface area contributed by atoms with E-state index < -0.39 is 16.1 Å². The molecule has 230 valence electrons. The van der Waals surface area contributed by atoms with E-state index in [2.05, 4.69) is 25.8 Å². The molecule has 1 saturated carbocycles. The van der Waals surface area contributed by atoms with Crippen molar-refractivity contribution >= 4 is 39.1 Å². The molecule has 1 heterocycles. The number of sulfonamides is 1. The number of nitrogens with two attached hydrogens (primary N) is 2. The first-order valence-corrected chi connectivity index (χ1v) is 16.2. The van der Waals surface area contributed by atoms with Crippen LogP contribution in [0.15, 0.2) is 77.7 Å². The predicted octanol–water partition coefficient (Wildman–Crippen LogP) is 3.87. The van der Waals surface area contributed by atoms with Crippen LogP contribution in [0.5, 0.6) is 0 Å². The van der Waals surface area contributed by atoms with Crippen molar-refractivity contribution in [2.75, 3.05) is 11.9 Å². The molecular formula is C31H34ClN7O4S. The van der Waals surface area contributed by atoms with Crippen molar-refractivity contribution in [1.29, 1.82) is 0 Å². The van der Waals surface area contributed by atoms with Crippen LogP contribution in [0.1, 0.15) is 31.2 Å². The highest BCUT2D eigenvalue weighted by molar-refractivity contribution is 7.89. The summed E-state index contributed by atoms with van der Waals surface area (Å²) >= 11 is 5.83. The number of hydrogen-bond donors (Lipinski definition) is 5. The number of carbonyl (C=O) groups excluding carboxylic acids is 2. The normalized spacial score (nSPS) is 17.5. The van der Waals surface area contributed by atoms with Gasteiger partial charge in [0.1, 0.15) is 6.04 Å². The second kappa shape index (κ2) is 13.7. The number of nitrogens with zero attached hydrogens (tertiary/aromatic N) is 2. The van der Waals surface area contributed by atoms with Gasteiger partial charge in [-0.3, -0.25) is 9.59 Å². The van der Waals surface area contributed by atoms with E-state index in [-0.39, 0.29) is 34.3 Å². The van der Waals surface area contributed by atoms with Crippen LogP contribution in [0.2, 0.25) is 5.28 Å². The molecule has 2 amide bonds. The number of halogens is 1. The molecule has 3 aromatic carbocycles. The Labute approximate surface area is 260 Å². The zero-order valence-corrected chi connectivity index (χ0v) is 25.4. The smallest absolute Gasteiger partial charge is 0.247 e. The number of amides is 2. The molecule has 0 radical (unpaired) electrons. The van der Waals surface area contributed by atoms with E-state index in [0.29, 0.717) is 24.0 Å². The number of hydrogen-bond acceptors (Lipinski definition) is 7. The summed E-state index contributed by atoms with van der Waals surface area (Å²) in [6.45, 7) is 0.619. The molecule has 13 heteroatoms. The van der Waals surface area contributed by atoms with E-state index in [4.69, 9.17) is 22.5 Å². The number of aromatic nitrogens is 3. The number of benzene rings is 3. The maximum Gasteiger partial charge on any atom is 0.247 e. The van der Waals surface area contributed by atoms with Crippen molar-refractivity contribution in [2.24, 2.45) is 22.7 Å². The van der Waals surface area contributed by atoms with Gasteiger partial charge in [-0.15, -0.1) is 0 Å². The lowest BCUT2D eigenvalue weighted by atomic mass is 9.81. The van der Waals surface area contributed by atoms with E-state index in [1.165, 1.54) is 12.1 Å². The second-order valence-electron chi connectivity index (χ2n) is 11.0. The molecule has 11 nitrogen and oxygen atoms in total. The molecule has 44 heavy (non-hydrogen) atoms. The van der Waals surface area contributed by atoms with E-state index in [9.17, 15) is 18.0 Å². The van der Waals surface area contributed by atoms with Crippen LogP contribution in [0.3, 0.4) is 0 Å². The fraction of sp³-hybridized carbons (Fsp3) is 0.290. The van der Waals surface area contributed by atoms with Crippen LogP contribution in [-0.2, 0) is 26.0 Å². The summed E-state index contributed by atoms with van der Waals surface area (Å²) in [6.07, 6.45) is 3.55. The Hall–Kier alpha value is -4.10. The van der Waals surface area contributed by atoms with Crippen molar-refractivity contribution in [3.05, 3.63) is 83.6 Å². The van der Waals surface area contributed by atoms with Gasteiger partial charge in [-0.05, 0) is 103 Å². The van der Waals surface area contributed by atoms with Crippen molar-refractivity contribution < 1.29 is 18.0 Å². The molecule has 0 aliphatic heterocycles. The molecule has 0 bridgehead atoms. The van der Waals surface area contributed by atoms with Crippen LogP contribution in [-0.4, -0.2) is 48.0 Å². The molecule has 1 fully saturated rings. The molecular weight excluding hydrogens is 602 g/mol. The maximum atomic E-state index is 13.5. The summed E-state index contributed by atoms with van der Waals surface area (Å²) in [5.41, 5.74) is 9.63. The summed E-state index contributed by atoms with van der Waals surface area (Å²) in [4.78, 5) is 31.0.